The van der Waals surface area contributed by atoms with Crippen LogP contribution < -0.4 is 0 Å². The van der Waals surface area contributed by atoms with Crippen LogP contribution in [0.25, 0.3) is 10.6 Å². The van der Waals surface area contributed by atoms with Crippen molar-refractivity contribution in [3.05, 3.63) is 40.7 Å². The number of halogens is 1. The molecule has 1 aliphatic rings. The summed E-state index contributed by atoms with van der Waals surface area (Å²) in [6.45, 7) is 3.09. The Bertz CT molecular complexity index is 804. The summed E-state index contributed by atoms with van der Waals surface area (Å²) in [5, 5.41) is 9.55. The number of piperidine rings is 1. The number of carbonyl (C=O) groups is 2. The van der Waals surface area contributed by atoms with E-state index in [1.165, 1.54) is 23.5 Å². The van der Waals surface area contributed by atoms with Gasteiger partial charge >= 0.3 is 5.97 Å². The number of carboxylic acid groups (broad SMARTS) is 1. The number of aliphatic carboxylic acids is 1. The Morgan fingerprint density at radius 1 is 1.35 bits per heavy atom. The molecule has 1 fully saturated rings. The van der Waals surface area contributed by atoms with Crippen LogP contribution in [0.1, 0.15) is 41.0 Å². The average molecular weight is 376 g/mol. The van der Waals surface area contributed by atoms with Crippen molar-refractivity contribution in [1.82, 2.24) is 9.88 Å². The van der Waals surface area contributed by atoms with Crippen molar-refractivity contribution in [3.8, 4) is 10.6 Å². The number of aromatic nitrogens is 1. The molecule has 1 aromatic carbocycles. The molecule has 0 radical (unpaired) electrons. The summed E-state index contributed by atoms with van der Waals surface area (Å²) in [6, 6.07) is 6.08. The fraction of sp³-hybridized carbons (Fsp3) is 0.421. The third-order valence-corrected chi connectivity index (χ3v) is 5.85. The molecule has 0 bridgehead atoms. The van der Waals surface area contributed by atoms with Crippen LogP contribution in [0.5, 0.6) is 0 Å². The molecule has 1 aromatic heterocycles. The van der Waals surface area contributed by atoms with Gasteiger partial charge in [-0.2, -0.15) is 0 Å². The molecule has 2 heterocycles. The summed E-state index contributed by atoms with van der Waals surface area (Å²) in [5.74, 6) is -0.920. The van der Waals surface area contributed by atoms with E-state index in [4.69, 9.17) is 5.11 Å². The van der Waals surface area contributed by atoms with Gasteiger partial charge in [0.15, 0.2) is 0 Å². The van der Waals surface area contributed by atoms with Crippen molar-refractivity contribution < 1.29 is 19.1 Å². The van der Waals surface area contributed by atoms with Crippen molar-refractivity contribution in [2.24, 2.45) is 5.92 Å². The Morgan fingerprint density at radius 3 is 2.77 bits per heavy atom. The van der Waals surface area contributed by atoms with Crippen molar-refractivity contribution in [1.29, 1.82) is 0 Å². The Balaban J connectivity index is 1.73. The van der Waals surface area contributed by atoms with Crippen molar-refractivity contribution in [2.45, 2.75) is 32.6 Å². The SMILES string of the molecule is Cc1nc(-c2ccc(F)cc2)sc1C(=O)N1CCCC(CCC(=O)O)C1. The zero-order valence-corrected chi connectivity index (χ0v) is 15.4. The van der Waals surface area contributed by atoms with Gasteiger partial charge in [0.1, 0.15) is 15.7 Å². The number of hydrogen-bond acceptors (Lipinski definition) is 4. The second-order valence-corrected chi connectivity index (χ2v) is 7.63. The fourth-order valence-electron chi connectivity index (χ4n) is 3.27. The van der Waals surface area contributed by atoms with Crippen molar-refractivity contribution >= 4 is 23.2 Å². The van der Waals surface area contributed by atoms with Crippen LogP contribution in [0.4, 0.5) is 4.39 Å². The van der Waals surface area contributed by atoms with Crippen LogP contribution in [-0.4, -0.2) is 40.0 Å². The largest absolute Gasteiger partial charge is 0.481 e. The van der Waals surface area contributed by atoms with Gasteiger partial charge in [-0.1, -0.05) is 0 Å². The molecule has 0 spiro atoms. The Hall–Kier alpha value is -2.28. The minimum Gasteiger partial charge on any atom is -0.481 e. The number of rotatable bonds is 5. The molecular weight excluding hydrogens is 355 g/mol. The van der Waals surface area contributed by atoms with E-state index in [1.54, 1.807) is 12.1 Å². The molecule has 1 N–H and O–H groups in total. The van der Waals surface area contributed by atoms with Crippen LogP contribution in [0.2, 0.25) is 0 Å². The maximum Gasteiger partial charge on any atom is 0.303 e. The van der Waals surface area contributed by atoms with Crippen LogP contribution in [-0.2, 0) is 4.79 Å². The van der Waals surface area contributed by atoms with Gasteiger partial charge in [0.05, 0.1) is 5.69 Å². The Kier molecular flexibility index (Phi) is 5.66. The van der Waals surface area contributed by atoms with E-state index in [-0.39, 0.29) is 24.1 Å². The number of nitrogens with zero attached hydrogens (tertiary/aromatic N) is 2. The smallest absolute Gasteiger partial charge is 0.303 e. The zero-order valence-electron chi connectivity index (χ0n) is 14.6. The minimum atomic E-state index is -0.796. The van der Waals surface area contributed by atoms with E-state index in [0.29, 0.717) is 35.1 Å². The number of benzene rings is 1. The van der Waals surface area contributed by atoms with Gasteiger partial charge in [-0.3, -0.25) is 9.59 Å². The summed E-state index contributed by atoms with van der Waals surface area (Å²) in [4.78, 5) is 30.6. The van der Waals surface area contributed by atoms with Gasteiger partial charge < -0.3 is 10.0 Å². The van der Waals surface area contributed by atoms with Gasteiger partial charge in [-0.15, -0.1) is 11.3 Å². The highest BCUT2D eigenvalue weighted by molar-refractivity contribution is 7.17. The molecule has 1 saturated heterocycles. The lowest BCUT2D eigenvalue weighted by Crippen LogP contribution is -2.40. The summed E-state index contributed by atoms with van der Waals surface area (Å²) >= 11 is 1.32. The maximum absolute atomic E-state index is 13.1. The lowest BCUT2D eigenvalue weighted by molar-refractivity contribution is -0.137. The Labute approximate surface area is 155 Å². The van der Waals surface area contributed by atoms with E-state index in [1.807, 2.05) is 11.8 Å². The number of likely N-dealkylation sites (tertiary alicyclic amines) is 1. The molecular formula is C19H21FN2O3S. The van der Waals surface area contributed by atoms with Gasteiger partial charge in [0.2, 0.25) is 0 Å². The molecule has 26 heavy (non-hydrogen) atoms. The highest BCUT2D eigenvalue weighted by Crippen LogP contribution is 2.30. The van der Waals surface area contributed by atoms with Gasteiger partial charge in [-0.05, 0) is 56.4 Å². The number of thiazole rings is 1. The topological polar surface area (TPSA) is 70.5 Å². The molecule has 138 valence electrons. The summed E-state index contributed by atoms with van der Waals surface area (Å²) in [7, 11) is 0. The second-order valence-electron chi connectivity index (χ2n) is 6.63. The van der Waals surface area contributed by atoms with Gasteiger partial charge in [0, 0.05) is 25.1 Å². The van der Waals surface area contributed by atoms with Crippen LogP contribution in [0.3, 0.4) is 0 Å². The first kappa shape index (κ1) is 18.5. The molecule has 1 atom stereocenters. The highest BCUT2D eigenvalue weighted by Gasteiger charge is 2.27. The standard InChI is InChI=1S/C19H21FN2O3S/c1-12-17(26-18(21-12)14-5-7-15(20)8-6-14)19(25)22-10-2-3-13(11-22)4-9-16(23)24/h5-8,13H,2-4,9-11H2,1H3,(H,23,24). The summed E-state index contributed by atoms with van der Waals surface area (Å²) in [6.07, 6.45) is 2.58. The zero-order chi connectivity index (χ0) is 18.7. The fourth-order valence-corrected chi connectivity index (χ4v) is 4.31. The normalized spacial score (nSPS) is 17.3. The molecule has 1 unspecified atom stereocenters. The molecule has 3 rings (SSSR count). The predicted octanol–water partition coefficient (Wildman–Crippen LogP) is 3.97. The third kappa shape index (κ3) is 4.27. The van der Waals surface area contributed by atoms with Crippen LogP contribution in [0.15, 0.2) is 24.3 Å². The van der Waals surface area contributed by atoms with Crippen molar-refractivity contribution in [3.63, 3.8) is 0 Å². The summed E-state index contributed by atoms with van der Waals surface area (Å²) in [5.41, 5.74) is 1.46. The Morgan fingerprint density at radius 2 is 2.08 bits per heavy atom. The maximum atomic E-state index is 13.1. The van der Waals surface area contributed by atoms with Gasteiger partial charge in [0.25, 0.3) is 5.91 Å². The van der Waals surface area contributed by atoms with Crippen molar-refractivity contribution in [2.75, 3.05) is 13.1 Å². The molecule has 0 aliphatic carbocycles. The number of amides is 1. The highest BCUT2D eigenvalue weighted by atomic mass is 32.1. The van der Waals surface area contributed by atoms with Crippen LogP contribution in [0, 0.1) is 18.7 Å². The van der Waals surface area contributed by atoms with E-state index in [0.717, 1.165) is 18.4 Å². The summed E-state index contributed by atoms with van der Waals surface area (Å²) < 4.78 is 13.1. The molecule has 0 saturated carbocycles. The van der Waals surface area contributed by atoms with E-state index in [2.05, 4.69) is 4.98 Å². The average Bonchev–Trinajstić information content (AvgIpc) is 3.02. The molecule has 2 aromatic rings. The number of aryl methyl sites for hydroxylation is 1. The quantitative estimate of drug-likeness (QED) is 0.857. The van der Waals surface area contributed by atoms with E-state index < -0.39 is 5.97 Å². The molecule has 1 amide bonds. The first-order valence-corrected chi connectivity index (χ1v) is 9.50. The molecule has 7 heteroatoms. The first-order chi connectivity index (χ1) is 12.4. The third-order valence-electron chi connectivity index (χ3n) is 4.65. The monoisotopic (exact) mass is 376 g/mol. The molecule has 5 nitrogen and oxygen atoms in total. The lowest BCUT2D eigenvalue weighted by Gasteiger charge is -2.32. The molecule has 1 aliphatic heterocycles. The number of carboxylic acids is 1. The number of hydrogen-bond donors (Lipinski definition) is 1. The van der Waals surface area contributed by atoms with E-state index >= 15 is 0 Å². The van der Waals surface area contributed by atoms with Gasteiger partial charge in [-0.25, -0.2) is 9.37 Å². The first-order valence-electron chi connectivity index (χ1n) is 8.68. The minimum absolute atomic E-state index is 0.0478. The van der Waals surface area contributed by atoms with E-state index in [9.17, 15) is 14.0 Å². The van der Waals surface area contributed by atoms with Crippen LogP contribution >= 0.6 is 11.3 Å². The predicted molar refractivity (Wildman–Crippen MR) is 97.7 cm³/mol. The number of carbonyl (C=O) groups excluding carboxylic acids is 1. The lowest BCUT2D eigenvalue weighted by atomic mass is 9.93. The second kappa shape index (κ2) is 7.95.